The summed E-state index contributed by atoms with van der Waals surface area (Å²) in [4.78, 5) is 24.6. The molecule has 0 radical (unpaired) electrons. The van der Waals surface area contributed by atoms with Crippen LogP contribution in [0.3, 0.4) is 0 Å². The van der Waals surface area contributed by atoms with Gasteiger partial charge < -0.3 is 9.47 Å². The third-order valence-corrected chi connectivity index (χ3v) is 10.0. The first-order valence-electron chi connectivity index (χ1n) is 12.3. The number of halogens is 3. The summed E-state index contributed by atoms with van der Waals surface area (Å²) in [6.45, 7) is -0.353. The molecule has 3 aromatic carbocycles. The van der Waals surface area contributed by atoms with E-state index in [4.69, 9.17) is 16.3 Å². The number of para-hydroxylation sites is 1. The first-order chi connectivity index (χ1) is 18.6. The maximum atomic E-state index is 15.1. The molecule has 0 bridgehead atoms. The first kappa shape index (κ1) is 28.7. The summed E-state index contributed by atoms with van der Waals surface area (Å²) in [5, 5.41) is 0.345. The van der Waals surface area contributed by atoms with Crippen molar-refractivity contribution in [2.45, 2.75) is 41.7 Å². The van der Waals surface area contributed by atoms with Crippen molar-refractivity contribution in [2.24, 2.45) is 5.92 Å². The molecular formula is C29H27ClF2O6S. The van der Waals surface area contributed by atoms with E-state index in [0.717, 1.165) is 18.2 Å². The van der Waals surface area contributed by atoms with Crippen molar-refractivity contribution in [3.8, 4) is 5.75 Å². The second-order valence-electron chi connectivity index (χ2n) is 9.51. The average molecular weight is 577 g/mol. The molecule has 0 unspecified atom stereocenters. The fourth-order valence-corrected chi connectivity index (χ4v) is 7.40. The van der Waals surface area contributed by atoms with Crippen LogP contribution < -0.4 is 4.74 Å². The zero-order chi connectivity index (χ0) is 28.2. The van der Waals surface area contributed by atoms with Gasteiger partial charge in [0.2, 0.25) is 0 Å². The summed E-state index contributed by atoms with van der Waals surface area (Å²) in [5.74, 6) is -2.32. The standard InChI is InChI=1S/C29H27ClF2O6S/c1-37-28(34)18-38-27-5-3-2-4-23(27)26(33)16-19-12-14-29(15-13-19,24-17-21(31)8-11-25(24)32)39(35,36)22-9-6-20(30)7-10-22/h2-11,17,19H,12-16,18H2,1H3. The minimum Gasteiger partial charge on any atom is -0.481 e. The van der Waals surface area contributed by atoms with Gasteiger partial charge >= 0.3 is 5.97 Å². The third-order valence-electron chi connectivity index (χ3n) is 7.21. The molecule has 0 atom stereocenters. The Labute approximate surface area is 230 Å². The summed E-state index contributed by atoms with van der Waals surface area (Å²) < 4.78 is 65.6. The van der Waals surface area contributed by atoms with Gasteiger partial charge in [-0.2, -0.15) is 0 Å². The highest BCUT2D eigenvalue weighted by atomic mass is 35.5. The Kier molecular flexibility index (Phi) is 8.71. The lowest BCUT2D eigenvalue weighted by Gasteiger charge is -2.40. The summed E-state index contributed by atoms with van der Waals surface area (Å²) in [6.07, 6.45) is 0.675. The molecule has 6 nitrogen and oxygen atoms in total. The molecule has 0 amide bonds. The molecule has 4 rings (SSSR count). The summed E-state index contributed by atoms with van der Waals surface area (Å²) in [7, 11) is -2.94. The van der Waals surface area contributed by atoms with Crippen molar-refractivity contribution in [2.75, 3.05) is 13.7 Å². The molecule has 1 fully saturated rings. The molecule has 3 aromatic rings. The summed E-state index contributed by atoms with van der Waals surface area (Å²) in [6, 6.07) is 14.9. The van der Waals surface area contributed by atoms with Crippen LogP contribution in [0.2, 0.25) is 5.02 Å². The number of carbonyl (C=O) groups is 2. The fraction of sp³-hybridized carbons (Fsp3) is 0.310. The van der Waals surface area contributed by atoms with E-state index < -0.39 is 32.2 Å². The van der Waals surface area contributed by atoms with Crippen LogP contribution in [0.15, 0.2) is 71.6 Å². The van der Waals surface area contributed by atoms with Gasteiger partial charge in [0.15, 0.2) is 22.2 Å². The summed E-state index contributed by atoms with van der Waals surface area (Å²) >= 11 is 5.95. The van der Waals surface area contributed by atoms with E-state index >= 15 is 4.39 Å². The number of hydrogen-bond acceptors (Lipinski definition) is 6. The lowest BCUT2D eigenvalue weighted by molar-refractivity contribution is -0.142. The second-order valence-corrected chi connectivity index (χ2v) is 12.2. The van der Waals surface area contributed by atoms with Gasteiger partial charge in [0.05, 0.1) is 17.6 Å². The van der Waals surface area contributed by atoms with Crippen molar-refractivity contribution in [3.63, 3.8) is 0 Å². The number of ether oxygens (including phenoxy) is 2. The zero-order valence-electron chi connectivity index (χ0n) is 21.2. The van der Waals surface area contributed by atoms with E-state index in [9.17, 15) is 22.4 Å². The Balaban J connectivity index is 1.59. The molecule has 39 heavy (non-hydrogen) atoms. The molecule has 206 valence electrons. The number of carbonyl (C=O) groups excluding carboxylic acids is 2. The monoisotopic (exact) mass is 576 g/mol. The van der Waals surface area contributed by atoms with Crippen LogP contribution in [0.1, 0.15) is 48.0 Å². The molecule has 1 saturated carbocycles. The quantitative estimate of drug-likeness (QED) is 0.219. The molecule has 0 N–H and O–H groups in total. The molecule has 0 aromatic heterocycles. The minimum absolute atomic E-state index is 0.00321. The number of esters is 1. The fourth-order valence-electron chi connectivity index (χ4n) is 5.11. The van der Waals surface area contributed by atoms with E-state index in [2.05, 4.69) is 4.74 Å². The maximum Gasteiger partial charge on any atom is 0.343 e. The predicted octanol–water partition coefficient (Wildman–Crippen LogP) is 6.30. The van der Waals surface area contributed by atoms with Gasteiger partial charge in [0.1, 0.15) is 22.1 Å². The van der Waals surface area contributed by atoms with Crippen LogP contribution in [0.4, 0.5) is 8.78 Å². The largest absolute Gasteiger partial charge is 0.481 e. The Bertz CT molecular complexity index is 1470. The van der Waals surface area contributed by atoms with Crippen LogP contribution in [0.5, 0.6) is 5.75 Å². The number of rotatable bonds is 9. The number of hydrogen-bond donors (Lipinski definition) is 0. The first-order valence-corrected chi connectivity index (χ1v) is 14.2. The highest BCUT2D eigenvalue weighted by molar-refractivity contribution is 7.92. The van der Waals surface area contributed by atoms with Crippen molar-refractivity contribution < 1.29 is 36.3 Å². The number of methoxy groups -OCH3 is 1. The van der Waals surface area contributed by atoms with E-state index in [0.29, 0.717) is 23.4 Å². The van der Waals surface area contributed by atoms with Crippen LogP contribution >= 0.6 is 11.6 Å². The molecule has 10 heteroatoms. The number of ketones is 1. The highest BCUT2D eigenvalue weighted by Crippen LogP contribution is 2.50. The van der Waals surface area contributed by atoms with Crippen LogP contribution in [-0.4, -0.2) is 33.9 Å². The van der Waals surface area contributed by atoms with Crippen molar-refractivity contribution in [3.05, 3.63) is 94.5 Å². The Morgan fingerprint density at radius 1 is 1.00 bits per heavy atom. The normalized spacial score (nSPS) is 19.3. The predicted molar refractivity (Wildman–Crippen MR) is 142 cm³/mol. The summed E-state index contributed by atoms with van der Waals surface area (Å²) in [5.41, 5.74) is 0.0759. The average Bonchev–Trinajstić information content (AvgIpc) is 2.93. The van der Waals surface area contributed by atoms with Gasteiger partial charge in [-0.15, -0.1) is 0 Å². The molecule has 1 aliphatic rings. The van der Waals surface area contributed by atoms with E-state index in [1.807, 2.05) is 0 Å². The van der Waals surface area contributed by atoms with E-state index in [1.165, 1.54) is 31.4 Å². The Morgan fingerprint density at radius 2 is 1.67 bits per heavy atom. The van der Waals surface area contributed by atoms with Crippen LogP contribution in [-0.2, 0) is 24.1 Å². The van der Waals surface area contributed by atoms with Crippen LogP contribution in [0, 0.1) is 17.6 Å². The molecule has 1 aliphatic carbocycles. The second kappa shape index (κ2) is 11.8. The number of Topliss-reactive ketones (excluding diaryl/α,β-unsaturated/α-hetero) is 1. The van der Waals surface area contributed by atoms with Gasteiger partial charge in [-0.1, -0.05) is 23.7 Å². The van der Waals surface area contributed by atoms with E-state index in [1.54, 1.807) is 24.3 Å². The van der Waals surface area contributed by atoms with Crippen molar-refractivity contribution >= 4 is 33.2 Å². The maximum absolute atomic E-state index is 15.1. The highest BCUT2D eigenvalue weighted by Gasteiger charge is 2.50. The minimum atomic E-state index is -4.18. The van der Waals surface area contributed by atoms with Gasteiger partial charge in [0, 0.05) is 17.0 Å². The Morgan fingerprint density at radius 3 is 2.33 bits per heavy atom. The zero-order valence-corrected chi connectivity index (χ0v) is 22.7. The van der Waals surface area contributed by atoms with Gasteiger partial charge in [-0.25, -0.2) is 22.0 Å². The number of benzene rings is 3. The molecule has 0 spiro atoms. The van der Waals surface area contributed by atoms with Gasteiger partial charge in [0.25, 0.3) is 0 Å². The Hall–Kier alpha value is -3.30. The lowest BCUT2D eigenvalue weighted by atomic mass is 9.75. The molecule has 0 aliphatic heterocycles. The smallest absolute Gasteiger partial charge is 0.343 e. The van der Waals surface area contributed by atoms with Crippen molar-refractivity contribution in [1.82, 2.24) is 0 Å². The van der Waals surface area contributed by atoms with Crippen LogP contribution in [0.25, 0.3) is 0 Å². The SMILES string of the molecule is COC(=O)COc1ccccc1C(=O)CC1CCC(c2cc(F)ccc2F)(S(=O)(=O)c2ccc(Cl)cc2)CC1. The van der Waals surface area contributed by atoms with E-state index in [-0.39, 0.29) is 53.8 Å². The topological polar surface area (TPSA) is 86.7 Å². The third kappa shape index (κ3) is 5.99. The molecular weight excluding hydrogens is 550 g/mol. The number of sulfone groups is 1. The molecule has 0 heterocycles. The lowest BCUT2D eigenvalue weighted by Crippen LogP contribution is -2.41. The molecule has 0 saturated heterocycles. The van der Waals surface area contributed by atoms with Gasteiger partial charge in [-0.05, 0) is 86.2 Å². The van der Waals surface area contributed by atoms with Crippen molar-refractivity contribution in [1.29, 1.82) is 0 Å². The van der Waals surface area contributed by atoms with Gasteiger partial charge in [-0.3, -0.25) is 4.79 Å².